The van der Waals surface area contributed by atoms with Crippen molar-refractivity contribution in [1.82, 2.24) is 0 Å². The van der Waals surface area contributed by atoms with Gasteiger partial charge in [0.05, 0.1) is 24.0 Å². The number of para-hydroxylation sites is 3. The van der Waals surface area contributed by atoms with E-state index >= 15 is 0 Å². The number of hydrogen-bond acceptors (Lipinski definition) is 4. The van der Waals surface area contributed by atoms with Gasteiger partial charge in [0.1, 0.15) is 5.75 Å². The number of carbonyl (C=O) groups excluding carboxylic acids is 1. The standard InChI is InChI=1S/C27H25ClN2O2/c1-2-32-25-14-8-4-10-19(25)27-26-23(29-21-12-6-7-13-22(21)30-27)15-17(16-24(26)31)18-9-3-5-11-20(18)28/h3-14,17,27,29-30H,2,15-16H2,1H3/t17-,27-/m0/s1. The van der Waals surface area contributed by atoms with Crippen LogP contribution in [0.5, 0.6) is 5.75 Å². The Kier molecular flexibility index (Phi) is 5.62. The maximum absolute atomic E-state index is 13.7. The van der Waals surface area contributed by atoms with Crippen LogP contribution < -0.4 is 15.4 Å². The Hall–Kier alpha value is -3.24. The molecule has 1 heterocycles. The van der Waals surface area contributed by atoms with Gasteiger partial charge >= 0.3 is 0 Å². The van der Waals surface area contributed by atoms with E-state index in [4.69, 9.17) is 16.3 Å². The van der Waals surface area contributed by atoms with Gasteiger partial charge in [0.25, 0.3) is 0 Å². The third kappa shape index (κ3) is 3.76. The van der Waals surface area contributed by atoms with Gasteiger partial charge in [-0.05, 0) is 49.1 Å². The Morgan fingerprint density at radius 1 is 0.906 bits per heavy atom. The average molecular weight is 445 g/mol. The number of Topliss-reactive ketones (excluding diaryl/α,β-unsaturated/α-hetero) is 1. The minimum atomic E-state index is -0.302. The SMILES string of the molecule is CCOc1ccccc1[C@@H]1Nc2ccccc2NC2=C1C(=O)C[C@@H](c1ccccc1Cl)C2. The van der Waals surface area contributed by atoms with Crippen LogP contribution in [-0.2, 0) is 4.79 Å². The molecule has 3 aromatic carbocycles. The van der Waals surface area contributed by atoms with Crippen LogP contribution in [0.2, 0.25) is 5.02 Å². The Bertz CT molecular complexity index is 1200. The van der Waals surface area contributed by atoms with Gasteiger partial charge in [-0.2, -0.15) is 0 Å². The van der Waals surface area contributed by atoms with Crippen LogP contribution in [0.25, 0.3) is 0 Å². The van der Waals surface area contributed by atoms with Crippen molar-refractivity contribution in [3.8, 4) is 5.75 Å². The van der Waals surface area contributed by atoms with Gasteiger partial charge < -0.3 is 15.4 Å². The molecule has 0 radical (unpaired) electrons. The van der Waals surface area contributed by atoms with Crippen LogP contribution in [0.3, 0.4) is 0 Å². The number of ketones is 1. The maximum atomic E-state index is 13.7. The van der Waals surface area contributed by atoms with Crippen LogP contribution in [-0.4, -0.2) is 12.4 Å². The first-order chi connectivity index (χ1) is 15.7. The Morgan fingerprint density at radius 2 is 1.59 bits per heavy atom. The summed E-state index contributed by atoms with van der Waals surface area (Å²) in [4.78, 5) is 13.7. The molecule has 0 saturated carbocycles. The predicted octanol–water partition coefficient (Wildman–Crippen LogP) is 6.72. The highest BCUT2D eigenvalue weighted by Crippen LogP contribution is 2.46. The molecular formula is C27H25ClN2O2. The molecule has 162 valence electrons. The summed E-state index contributed by atoms with van der Waals surface area (Å²) in [6.45, 7) is 2.53. The van der Waals surface area contributed by atoms with Crippen molar-refractivity contribution < 1.29 is 9.53 Å². The number of benzene rings is 3. The lowest BCUT2D eigenvalue weighted by Crippen LogP contribution is -2.27. The van der Waals surface area contributed by atoms with E-state index in [2.05, 4.69) is 10.6 Å². The number of fused-ring (bicyclic) bond motifs is 1. The monoisotopic (exact) mass is 444 g/mol. The number of allylic oxidation sites excluding steroid dienone is 1. The number of anilines is 2. The molecule has 2 aliphatic rings. The summed E-state index contributed by atoms with van der Waals surface area (Å²) in [5.41, 5.74) is 5.62. The largest absolute Gasteiger partial charge is 0.494 e. The molecule has 3 aromatic rings. The van der Waals surface area contributed by atoms with Gasteiger partial charge in [0.2, 0.25) is 0 Å². The van der Waals surface area contributed by atoms with Gasteiger partial charge in [-0.3, -0.25) is 4.79 Å². The number of carbonyl (C=O) groups is 1. The number of rotatable bonds is 4. The normalized spacial score (nSPS) is 19.9. The average Bonchev–Trinajstić information content (AvgIpc) is 2.97. The second-order valence-electron chi connectivity index (χ2n) is 8.16. The fraction of sp³-hybridized carbons (Fsp3) is 0.222. The fourth-order valence-electron chi connectivity index (χ4n) is 4.76. The molecular weight excluding hydrogens is 420 g/mol. The first-order valence-electron chi connectivity index (χ1n) is 11.0. The molecule has 0 unspecified atom stereocenters. The van der Waals surface area contributed by atoms with E-state index in [0.29, 0.717) is 24.5 Å². The molecule has 1 aliphatic carbocycles. The van der Waals surface area contributed by atoms with E-state index < -0.39 is 0 Å². The van der Waals surface area contributed by atoms with Crippen molar-refractivity contribution in [3.63, 3.8) is 0 Å². The molecule has 2 N–H and O–H groups in total. The molecule has 0 amide bonds. The van der Waals surface area contributed by atoms with Crippen molar-refractivity contribution in [2.75, 3.05) is 17.2 Å². The van der Waals surface area contributed by atoms with E-state index in [1.807, 2.05) is 79.7 Å². The summed E-state index contributed by atoms with van der Waals surface area (Å²) in [5, 5.41) is 7.91. The van der Waals surface area contributed by atoms with Crippen molar-refractivity contribution in [2.45, 2.75) is 31.7 Å². The van der Waals surface area contributed by atoms with Crippen molar-refractivity contribution in [1.29, 1.82) is 0 Å². The highest BCUT2D eigenvalue weighted by atomic mass is 35.5. The summed E-state index contributed by atoms with van der Waals surface area (Å²) in [6, 6.07) is 23.5. The number of nitrogens with one attached hydrogen (secondary N) is 2. The van der Waals surface area contributed by atoms with E-state index in [1.165, 1.54) is 0 Å². The smallest absolute Gasteiger partial charge is 0.163 e. The fourth-order valence-corrected chi connectivity index (χ4v) is 5.05. The van der Waals surface area contributed by atoms with Crippen LogP contribution >= 0.6 is 11.6 Å². The van der Waals surface area contributed by atoms with Gasteiger partial charge in [0.15, 0.2) is 5.78 Å². The summed E-state index contributed by atoms with van der Waals surface area (Å²) >= 11 is 6.50. The molecule has 2 atom stereocenters. The summed E-state index contributed by atoms with van der Waals surface area (Å²) in [7, 11) is 0. The zero-order valence-corrected chi connectivity index (χ0v) is 18.7. The van der Waals surface area contributed by atoms with Crippen molar-refractivity contribution >= 4 is 28.8 Å². The zero-order chi connectivity index (χ0) is 22.1. The van der Waals surface area contributed by atoms with E-state index in [9.17, 15) is 4.79 Å². The third-order valence-corrected chi connectivity index (χ3v) is 6.53. The summed E-state index contributed by atoms with van der Waals surface area (Å²) in [6.07, 6.45) is 1.14. The molecule has 5 heteroatoms. The second kappa shape index (κ2) is 8.71. The molecule has 4 nitrogen and oxygen atoms in total. The van der Waals surface area contributed by atoms with Gasteiger partial charge in [-0.1, -0.05) is 60.1 Å². The van der Waals surface area contributed by atoms with E-state index in [0.717, 1.165) is 39.5 Å². The maximum Gasteiger partial charge on any atom is 0.163 e. The first kappa shape index (κ1) is 20.7. The highest BCUT2D eigenvalue weighted by molar-refractivity contribution is 6.31. The minimum absolute atomic E-state index is 0.0375. The predicted molar refractivity (Wildman–Crippen MR) is 129 cm³/mol. The second-order valence-corrected chi connectivity index (χ2v) is 8.57. The van der Waals surface area contributed by atoms with E-state index in [1.54, 1.807) is 0 Å². The molecule has 0 fully saturated rings. The minimum Gasteiger partial charge on any atom is -0.494 e. The van der Waals surface area contributed by atoms with Crippen LogP contribution in [0.15, 0.2) is 84.1 Å². The molecule has 0 bridgehead atoms. The molecule has 5 rings (SSSR count). The first-order valence-corrected chi connectivity index (χ1v) is 11.4. The van der Waals surface area contributed by atoms with Gasteiger partial charge in [0, 0.05) is 28.3 Å². The summed E-state index contributed by atoms with van der Waals surface area (Å²) < 4.78 is 5.93. The highest BCUT2D eigenvalue weighted by Gasteiger charge is 2.37. The zero-order valence-electron chi connectivity index (χ0n) is 17.9. The van der Waals surface area contributed by atoms with Crippen molar-refractivity contribution in [2.24, 2.45) is 0 Å². The molecule has 0 spiro atoms. The van der Waals surface area contributed by atoms with Gasteiger partial charge in [-0.25, -0.2) is 0 Å². The third-order valence-electron chi connectivity index (χ3n) is 6.18. The number of hydrogen-bond donors (Lipinski definition) is 2. The summed E-state index contributed by atoms with van der Waals surface area (Å²) in [5.74, 6) is 0.954. The molecule has 0 saturated heterocycles. The van der Waals surface area contributed by atoms with Crippen LogP contribution in [0, 0.1) is 0 Å². The molecule has 1 aliphatic heterocycles. The Balaban J connectivity index is 1.64. The quantitative estimate of drug-likeness (QED) is 0.469. The number of halogens is 1. The van der Waals surface area contributed by atoms with Crippen molar-refractivity contribution in [3.05, 3.63) is 100 Å². The lowest BCUT2D eigenvalue weighted by atomic mass is 9.78. The lowest BCUT2D eigenvalue weighted by Gasteiger charge is -2.30. The van der Waals surface area contributed by atoms with Crippen LogP contribution in [0.1, 0.15) is 42.9 Å². The van der Waals surface area contributed by atoms with E-state index in [-0.39, 0.29) is 17.7 Å². The lowest BCUT2D eigenvalue weighted by molar-refractivity contribution is -0.116. The number of ether oxygens (including phenoxy) is 1. The topological polar surface area (TPSA) is 50.4 Å². The Labute approximate surface area is 193 Å². The van der Waals surface area contributed by atoms with Gasteiger partial charge in [-0.15, -0.1) is 0 Å². The Morgan fingerprint density at radius 3 is 2.38 bits per heavy atom. The van der Waals surface area contributed by atoms with Crippen LogP contribution in [0.4, 0.5) is 11.4 Å². The molecule has 0 aromatic heterocycles. The molecule has 32 heavy (non-hydrogen) atoms.